The van der Waals surface area contributed by atoms with Crippen LogP contribution in [0.1, 0.15) is 61.7 Å². The Kier molecular flexibility index (Phi) is 6.73. The molecule has 10 heteroatoms. The number of nitrogens with zero attached hydrogens (tertiary/aromatic N) is 3. The number of amides is 2. The molecule has 2 amide bonds. The van der Waals surface area contributed by atoms with Crippen molar-refractivity contribution in [2.24, 2.45) is 5.73 Å². The third kappa shape index (κ3) is 5.47. The Labute approximate surface area is 169 Å². The third-order valence-electron chi connectivity index (χ3n) is 5.92. The summed E-state index contributed by atoms with van der Waals surface area (Å²) in [5, 5.41) is 25.5. The monoisotopic (exact) mass is 406 g/mol. The van der Waals surface area contributed by atoms with Crippen LogP contribution in [0.2, 0.25) is 0 Å². The second kappa shape index (κ2) is 9.25. The van der Waals surface area contributed by atoms with Gasteiger partial charge in [-0.2, -0.15) is 4.98 Å². The summed E-state index contributed by atoms with van der Waals surface area (Å²) in [6.07, 6.45) is 6.51. The standard InChI is InChI=1S/C19H30N6O4/c1-25(19(28)29)13-7-5-11(6-8-13)23-18-21-10-15(16(20)27)17(24-18)22-12-3-2-4-14(26)9-12/h10-14,26H,2-9H2,1H3,(H2,20,27)(H,28,29)(H2,21,22,23,24)/t11-,12-,13-,14+/m1/s1. The third-order valence-corrected chi connectivity index (χ3v) is 5.92. The summed E-state index contributed by atoms with van der Waals surface area (Å²) in [7, 11) is 1.60. The maximum atomic E-state index is 11.8. The van der Waals surface area contributed by atoms with Crippen molar-refractivity contribution in [3.8, 4) is 0 Å². The largest absolute Gasteiger partial charge is 0.465 e. The van der Waals surface area contributed by atoms with E-state index in [1.807, 2.05) is 0 Å². The summed E-state index contributed by atoms with van der Waals surface area (Å²) in [5.74, 6) is 0.185. The molecule has 29 heavy (non-hydrogen) atoms. The van der Waals surface area contributed by atoms with Crippen molar-refractivity contribution in [1.82, 2.24) is 14.9 Å². The molecule has 0 bridgehead atoms. The predicted octanol–water partition coefficient (Wildman–Crippen LogP) is 1.62. The zero-order chi connectivity index (χ0) is 21.0. The second-order valence-electron chi connectivity index (χ2n) is 8.03. The van der Waals surface area contributed by atoms with Gasteiger partial charge in [-0.1, -0.05) is 0 Å². The highest BCUT2D eigenvalue weighted by Gasteiger charge is 2.27. The zero-order valence-corrected chi connectivity index (χ0v) is 16.7. The zero-order valence-electron chi connectivity index (χ0n) is 16.7. The van der Waals surface area contributed by atoms with Crippen molar-refractivity contribution in [2.45, 2.75) is 75.6 Å². The van der Waals surface area contributed by atoms with Crippen LogP contribution in [0.25, 0.3) is 0 Å². The molecule has 2 aliphatic carbocycles. The van der Waals surface area contributed by atoms with Gasteiger partial charge in [-0.15, -0.1) is 0 Å². The number of primary amides is 1. The van der Waals surface area contributed by atoms with Gasteiger partial charge >= 0.3 is 6.09 Å². The van der Waals surface area contributed by atoms with E-state index in [-0.39, 0.29) is 29.8 Å². The van der Waals surface area contributed by atoms with E-state index in [9.17, 15) is 14.7 Å². The molecule has 1 heterocycles. The average Bonchev–Trinajstić information content (AvgIpc) is 2.68. The first-order valence-corrected chi connectivity index (χ1v) is 10.2. The van der Waals surface area contributed by atoms with Gasteiger partial charge in [0.05, 0.1) is 11.7 Å². The SMILES string of the molecule is CN(C(=O)O)[C@H]1CC[C@H](Nc2ncc(C(N)=O)c(N[C@@H]3CCC[C@H](O)C3)n2)CC1. The molecular weight excluding hydrogens is 376 g/mol. The molecule has 10 nitrogen and oxygen atoms in total. The highest BCUT2D eigenvalue weighted by Crippen LogP contribution is 2.26. The number of nitrogens with one attached hydrogen (secondary N) is 2. The molecule has 1 aromatic rings. The molecule has 0 saturated heterocycles. The highest BCUT2D eigenvalue weighted by atomic mass is 16.4. The number of rotatable bonds is 6. The Morgan fingerprint density at radius 1 is 1.14 bits per heavy atom. The van der Waals surface area contributed by atoms with Crippen molar-refractivity contribution in [3.63, 3.8) is 0 Å². The van der Waals surface area contributed by atoms with E-state index in [1.165, 1.54) is 11.1 Å². The van der Waals surface area contributed by atoms with E-state index >= 15 is 0 Å². The smallest absolute Gasteiger partial charge is 0.407 e. The van der Waals surface area contributed by atoms with Crippen molar-refractivity contribution >= 4 is 23.8 Å². The van der Waals surface area contributed by atoms with E-state index in [1.54, 1.807) is 7.05 Å². The first kappa shape index (κ1) is 21.1. The van der Waals surface area contributed by atoms with E-state index in [0.717, 1.165) is 44.9 Å². The van der Waals surface area contributed by atoms with Gasteiger partial charge in [0, 0.05) is 31.4 Å². The van der Waals surface area contributed by atoms with Crippen LogP contribution in [0.15, 0.2) is 6.20 Å². The Hall–Kier alpha value is -2.62. The van der Waals surface area contributed by atoms with Gasteiger partial charge in [0.25, 0.3) is 5.91 Å². The number of aliphatic hydroxyl groups excluding tert-OH is 1. The number of aliphatic hydroxyl groups is 1. The number of carbonyl (C=O) groups excluding carboxylic acids is 1. The van der Waals surface area contributed by atoms with Crippen molar-refractivity contribution in [2.75, 3.05) is 17.7 Å². The van der Waals surface area contributed by atoms with Crippen molar-refractivity contribution < 1.29 is 19.8 Å². The lowest BCUT2D eigenvalue weighted by Crippen LogP contribution is -2.41. The van der Waals surface area contributed by atoms with Gasteiger partial charge in [-0.3, -0.25) is 4.79 Å². The fourth-order valence-corrected chi connectivity index (χ4v) is 4.18. The topological polar surface area (TPSA) is 154 Å². The van der Waals surface area contributed by atoms with Crippen LogP contribution in [-0.2, 0) is 0 Å². The Morgan fingerprint density at radius 2 is 1.86 bits per heavy atom. The van der Waals surface area contributed by atoms with E-state index in [4.69, 9.17) is 10.8 Å². The average molecular weight is 406 g/mol. The number of carbonyl (C=O) groups is 2. The molecule has 2 atom stereocenters. The van der Waals surface area contributed by atoms with Gasteiger partial charge in [-0.05, 0) is 51.4 Å². The van der Waals surface area contributed by atoms with Crippen LogP contribution in [0.5, 0.6) is 0 Å². The highest BCUT2D eigenvalue weighted by molar-refractivity contribution is 5.97. The maximum absolute atomic E-state index is 11.8. The summed E-state index contributed by atoms with van der Waals surface area (Å²) in [6, 6.07) is 0.192. The summed E-state index contributed by atoms with van der Waals surface area (Å²) in [6.45, 7) is 0. The lowest BCUT2D eigenvalue weighted by atomic mass is 9.90. The van der Waals surface area contributed by atoms with Crippen molar-refractivity contribution in [1.29, 1.82) is 0 Å². The molecule has 0 aliphatic heterocycles. The molecule has 0 aromatic carbocycles. The molecule has 1 aromatic heterocycles. The maximum Gasteiger partial charge on any atom is 0.407 e. The number of aromatic nitrogens is 2. The van der Waals surface area contributed by atoms with E-state index in [2.05, 4.69) is 20.6 Å². The van der Waals surface area contributed by atoms with Crippen LogP contribution >= 0.6 is 0 Å². The van der Waals surface area contributed by atoms with Crippen LogP contribution < -0.4 is 16.4 Å². The molecule has 0 radical (unpaired) electrons. The van der Waals surface area contributed by atoms with Gasteiger partial charge < -0.3 is 31.5 Å². The lowest BCUT2D eigenvalue weighted by Gasteiger charge is -2.33. The molecular formula is C19H30N6O4. The van der Waals surface area contributed by atoms with E-state index in [0.29, 0.717) is 18.2 Å². The normalized spacial score (nSPS) is 27.1. The number of hydrogen-bond acceptors (Lipinski definition) is 7. The number of hydrogen-bond donors (Lipinski definition) is 5. The molecule has 2 fully saturated rings. The Balaban J connectivity index is 1.64. The number of carboxylic acid groups (broad SMARTS) is 1. The predicted molar refractivity (Wildman–Crippen MR) is 108 cm³/mol. The van der Waals surface area contributed by atoms with Crippen LogP contribution in [0, 0.1) is 0 Å². The van der Waals surface area contributed by atoms with Gasteiger partial charge in [-0.25, -0.2) is 9.78 Å². The van der Waals surface area contributed by atoms with Crippen LogP contribution in [-0.4, -0.2) is 68.4 Å². The van der Waals surface area contributed by atoms with Crippen LogP contribution in [0.3, 0.4) is 0 Å². The molecule has 0 spiro atoms. The summed E-state index contributed by atoms with van der Waals surface area (Å²) in [4.78, 5) is 32.9. The fourth-order valence-electron chi connectivity index (χ4n) is 4.18. The minimum atomic E-state index is -0.907. The minimum Gasteiger partial charge on any atom is -0.465 e. The molecule has 6 N–H and O–H groups in total. The van der Waals surface area contributed by atoms with Gasteiger partial charge in [0.15, 0.2) is 0 Å². The van der Waals surface area contributed by atoms with E-state index < -0.39 is 12.0 Å². The fraction of sp³-hybridized carbons (Fsp3) is 0.684. The molecule has 3 rings (SSSR count). The minimum absolute atomic E-state index is 0.0265. The van der Waals surface area contributed by atoms with Gasteiger partial charge in [0.2, 0.25) is 5.95 Å². The second-order valence-corrected chi connectivity index (χ2v) is 8.03. The first-order chi connectivity index (χ1) is 13.8. The first-order valence-electron chi connectivity index (χ1n) is 10.2. The molecule has 0 unspecified atom stereocenters. The molecule has 2 aliphatic rings. The number of nitrogens with two attached hydrogens (primary N) is 1. The summed E-state index contributed by atoms with van der Waals surface area (Å²) >= 11 is 0. The number of anilines is 2. The summed E-state index contributed by atoms with van der Waals surface area (Å²) < 4.78 is 0. The quantitative estimate of drug-likeness (QED) is 0.477. The van der Waals surface area contributed by atoms with Crippen LogP contribution in [0.4, 0.5) is 16.6 Å². The Bertz CT molecular complexity index is 737. The lowest BCUT2D eigenvalue weighted by molar-refractivity contribution is 0.1000. The molecule has 160 valence electrons. The Morgan fingerprint density at radius 3 is 2.48 bits per heavy atom. The molecule has 2 saturated carbocycles. The van der Waals surface area contributed by atoms with Crippen molar-refractivity contribution in [3.05, 3.63) is 11.8 Å². The van der Waals surface area contributed by atoms with Gasteiger partial charge in [0.1, 0.15) is 5.82 Å². The summed E-state index contributed by atoms with van der Waals surface area (Å²) in [5.41, 5.74) is 5.69.